The molecule has 0 radical (unpaired) electrons. The zero-order valence-electron chi connectivity index (χ0n) is 12.2. The molecule has 1 aliphatic carbocycles. The Morgan fingerprint density at radius 3 is 3.05 bits per heavy atom. The lowest BCUT2D eigenvalue weighted by Crippen LogP contribution is -2.13. The minimum Gasteiger partial charge on any atom is -0.487 e. The zero-order chi connectivity index (χ0) is 14.7. The van der Waals surface area contributed by atoms with Gasteiger partial charge in [0.1, 0.15) is 12.4 Å². The van der Waals surface area contributed by atoms with Crippen molar-refractivity contribution >= 4 is 11.6 Å². The highest BCUT2D eigenvalue weighted by Crippen LogP contribution is 2.36. The molecule has 2 aromatic rings. The van der Waals surface area contributed by atoms with Gasteiger partial charge in [-0.3, -0.25) is 0 Å². The maximum absolute atomic E-state index is 6.28. The summed E-state index contributed by atoms with van der Waals surface area (Å²) in [6, 6.07) is 6.41. The number of imidazole rings is 1. The molecule has 4 nitrogen and oxygen atoms in total. The smallest absolute Gasteiger partial charge is 0.130 e. The predicted molar refractivity (Wildman–Crippen MR) is 83.7 cm³/mol. The van der Waals surface area contributed by atoms with Gasteiger partial charge < -0.3 is 14.6 Å². The second kappa shape index (κ2) is 6.50. The number of nitrogens with zero attached hydrogens (tertiary/aromatic N) is 2. The second-order valence-corrected chi connectivity index (χ2v) is 5.72. The molecule has 1 saturated carbocycles. The summed E-state index contributed by atoms with van der Waals surface area (Å²) >= 11 is 6.28. The topological polar surface area (TPSA) is 39.1 Å². The lowest BCUT2D eigenvalue weighted by Gasteiger charge is -2.14. The van der Waals surface area contributed by atoms with Gasteiger partial charge in [0.2, 0.25) is 0 Å². The fourth-order valence-electron chi connectivity index (χ4n) is 2.37. The first kappa shape index (κ1) is 14.4. The lowest BCUT2D eigenvalue weighted by molar-refractivity contribution is 0.291. The summed E-state index contributed by atoms with van der Waals surface area (Å²) in [5.41, 5.74) is 2.13. The van der Waals surface area contributed by atoms with Crippen LogP contribution in [0.15, 0.2) is 30.7 Å². The second-order valence-electron chi connectivity index (χ2n) is 5.31. The molecule has 0 bridgehead atoms. The van der Waals surface area contributed by atoms with Crippen molar-refractivity contribution in [3.63, 3.8) is 0 Å². The van der Waals surface area contributed by atoms with Crippen molar-refractivity contribution in [3.8, 4) is 5.75 Å². The number of halogens is 1. The van der Waals surface area contributed by atoms with Gasteiger partial charge in [0.05, 0.1) is 18.2 Å². The molecule has 0 spiro atoms. The SMILES string of the molecule is CCNCc1c(Cl)cccc1OCc1cncn1C1CC1. The Morgan fingerprint density at radius 2 is 2.29 bits per heavy atom. The summed E-state index contributed by atoms with van der Waals surface area (Å²) in [5, 5.41) is 4.04. The van der Waals surface area contributed by atoms with Crippen molar-refractivity contribution in [3.05, 3.63) is 47.0 Å². The first-order valence-electron chi connectivity index (χ1n) is 7.41. The van der Waals surface area contributed by atoms with Crippen LogP contribution in [0.5, 0.6) is 5.75 Å². The number of hydrogen-bond acceptors (Lipinski definition) is 3. The van der Waals surface area contributed by atoms with E-state index in [-0.39, 0.29) is 0 Å². The van der Waals surface area contributed by atoms with Crippen LogP contribution in [0.2, 0.25) is 5.02 Å². The van der Waals surface area contributed by atoms with Crippen LogP contribution in [0, 0.1) is 0 Å². The van der Waals surface area contributed by atoms with Gasteiger partial charge in [0, 0.05) is 23.2 Å². The Balaban J connectivity index is 1.72. The van der Waals surface area contributed by atoms with Crippen LogP contribution in [0.1, 0.15) is 37.1 Å². The fourth-order valence-corrected chi connectivity index (χ4v) is 2.61. The molecule has 0 unspecified atom stereocenters. The molecule has 1 heterocycles. The first-order valence-corrected chi connectivity index (χ1v) is 7.79. The predicted octanol–water partition coefficient (Wildman–Crippen LogP) is 3.56. The number of rotatable bonds is 7. The molecule has 3 rings (SSSR count). The van der Waals surface area contributed by atoms with Crippen LogP contribution in [-0.4, -0.2) is 16.1 Å². The summed E-state index contributed by atoms with van der Waals surface area (Å²) in [6.45, 7) is 4.22. The Kier molecular flexibility index (Phi) is 4.46. The molecule has 1 aromatic carbocycles. The summed E-state index contributed by atoms with van der Waals surface area (Å²) in [6.07, 6.45) is 6.26. The molecule has 112 valence electrons. The number of ether oxygens (including phenoxy) is 1. The van der Waals surface area contributed by atoms with E-state index in [1.54, 1.807) is 0 Å². The number of aromatic nitrogens is 2. The van der Waals surface area contributed by atoms with Crippen molar-refractivity contribution < 1.29 is 4.74 Å². The van der Waals surface area contributed by atoms with Gasteiger partial charge >= 0.3 is 0 Å². The monoisotopic (exact) mass is 305 g/mol. The first-order chi connectivity index (χ1) is 10.3. The maximum atomic E-state index is 6.28. The van der Waals surface area contributed by atoms with Crippen molar-refractivity contribution in [2.75, 3.05) is 6.54 Å². The molecule has 21 heavy (non-hydrogen) atoms. The largest absolute Gasteiger partial charge is 0.487 e. The maximum Gasteiger partial charge on any atom is 0.130 e. The number of nitrogens with one attached hydrogen (secondary N) is 1. The van der Waals surface area contributed by atoms with Gasteiger partial charge in [-0.25, -0.2) is 4.98 Å². The fraction of sp³-hybridized carbons (Fsp3) is 0.438. The summed E-state index contributed by atoms with van der Waals surface area (Å²) in [7, 11) is 0. The van der Waals surface area contributed by atoms with E-state index in [2.05, 4.69) is 21.8 Å². The number of hydrogen-bond donors (Lipinski definition) is 1. The van der Waals surface area contributed by atoms with Crippen LogP contribution in [0.3, 0.4) is 0 Å². The average Bonchev–Trinajstić information content (AvgIpc) is 3.23. The van der Waals surface area contributed by atoms with Gasteiger partial charge in [-0.05, 0) is 31.5 Å². The van der Waals surface area contributed by atoms with E-state index in [4.69, 9.17) is 16.3 Å². The van der Waals surface area contributed by atoms with Crippen LogP contribution < -0.4 is 10.1 Å². The third-order valence-electron chi connectivity index (χ3n) is 3.69. The highest BCUT2D eigenvalue weighted by Gasteiger charge is 2.25. The van der Waals surface area contributed by atoms with E-state index in [0.29, 0.717) is 19.2 Å². The molecule has 1 N–H and O–H groups in total. The standard InChI is InChI=1S/C16H20ClN3O/c1-2-18-9-14-15(17)4-3-5-16(14)21-10-13-8-19-11-20(13)12-6-7-12/h3-5,8,11-12,18H,2,6-7,9-10H2,1H3. The molecule has 0 aliphatic heterocycles. The molecule has 0 amide bonds. The van der Waals surface area contributed by atoms with Gasteiger partial charge in [-0.15, -0.1) is 0 Å². The highest BCUT2D eigenvalue weighted by molar-refractivity contribution is 6.31. The Hall–Kier alpha value is -1.52. The third kappa shape index (κ3) is 3.39. The summed E-state index contributed by atoms with van der Waals surface area (Å²) in [5.74, 6) is 0.840. The Bertz CT molecular complexity index is 607. The molecule has 0 atom stereocenters. The Morgan fingerprint density at radius 1 is 1.43 bits per heavy atom. The van der Waals surface area contributed by atoms with Crippen LogP contribution >= 0.6 is 11.6 Å². The van der Waals surface area contributed by atoms with Crippen LogP contribution in [0.25, 0.3) is 0 Å². The van der Waals surface area contributed by atoms with Crippen LogP contribution in [0.4, 0.5) is 0 Å². The average molecular weight is 306 g/mol. The zero-order valence-corrected chi connectivity index (χ0v) is 12.9. The molecule has 0 saturated heterocycles. The van der Waals surface area contributed by atoms with Crippen molar-refractivity contribution in [1.82, 2.24) is 14.9 Å². The van der Waals surface area contributed by atoms with E-state index < -0.39 is 0 Å². The van der Waals surface area contributed by atoms with Crippen LogP contribution in [-0.2, 0) is 13.2 Å². The van der Waals surface area contributed by atoms with E-state index in [0.717, 1.165) is 28.6 Å². The van der Waals surface area contributed by atoms with E-state index in [9.17, 15) is 0 Å². The lowest BCUT2D eigenvalue weighted by atomic mass is 10.2. The summed E-state index contributed by atoms with van der Waals surface area (Å²) in [4.78, 5) is 4.23. The molecular formula is C16H20ClN3O. The molecule has 1 fully saturated rings. The van der Waals surface area contributed by atoms with Gasteiger partial charge in [-0.2, -0.15) is 0 Å². The molecule has 5 heteroatoms. The van der Waals surface area contributed by atoms with Crippen molar-refractivity contribution in [2.45, 2.75) is 39.0 Å². The Labute approximate surface area is 130 Å². The van der Waals surface area contributed by atoms with E-state index in [1.807, 2.05) is 30.7 Å². The normalized spacial score (nSPS) is 14.4. The molecular weight excluding hydrogens is 286 g/mol. The van der Waals surface area contributed by atoms with Gasteiger partial charge in [-0.1, -0.05) is 24.6 Å². The molecule has 1 aliphatic rings. The highest BCUT2D eigenvalue weighted by atomic mass is 35.5. The third-order valence-corrected chi connectivity index (χ3v) is 4.04. The van der Waals surface area contributed by atoms with Crippen molar-refractivity contribution in [2.24, 2.45) is 0 Å². The van der Waals surface area contributed by atoms with Gasteiger partial charge in [0.25, 0.3) is 0 Å². The van der Waals surface area contributed by atoms with Crippen molar-refractivity contribution in [1.29, 1.82) is 0 Å². The van der Waals surface area contributed by atoms with E-state index >= 15 is 0 Å². The number of benzene rings is 1. The quantitative estimate of drug-likeness (QED) is 0.850. The minimum absolute atomic E-state index is 0.524. The summed E-state index contributed by atoms with van der Waals surface area (Å²) < 4.78 is 8.21. The molecule has 1 aromatic heterocycles. The van der Waals surface area contributed by atoms with Gasteiger partial charge in [0.15, 0.2) is 0 Å². The minimum atomic E-state index is 0.524. The van der Waals surface area contributed by atoms with E-state index in [1.165, 1.54) is 12.8 Å².